The summed E-state index contributed by atoms with van der Waals surface area (Å²) in [5.41, 5.74) is 5.14. The summed E-state index contributed by atoms with van der Waals surface area (Å²) in [5.74, 6) is 1.52. The Morgan fingerprint density at radius 2 is 1.72 bits per heavy atom. The first kappa shape index (κ1) is 26.4. The molecule has 0 saturated carbocycles. The summed E-state index contributed by atoms with van der Waals surface area (Å²) in [6.07, 6.45) is 6.28. The minimum Gasteiger partial charge on any atom is -0.371 e. The molecular formula is C30H36ClN7S. The zero-order chi connectivity index (χ0) is 26.8. The number of aromatic nitrogens is 3. The van der Waals surface area contributed by atoms with Crippen LogP contribution in [-0.4, -0.2) is 81.9 Å². The molecule has 2 aromatic carbocycles. The summed E-state index contributed by atoms with van der Waals surface area (Å²) < 4.78 is 2.20. The van der Waals surface area contributed by atoms with Crippen molar-refractivity contribution in [2.45, 2.75) is 25.8 Å². The van der Waals surface area contributed by atoms with E-state index in [1.807, 2.05) is 0 Å². The van der Waals surface area contributed by atoms with Crippen molar-refractivity contribution in [3.8, 4) is 11.3 Å². The van der Waals surface area contributed by atoms with Gasteiger partial charge in [0, 0.05) is 79.6 Å². The molecule has 9 heteroatoms. The zero-order valence-electron chi connectivity index (χ0n) is 22.7. The van der Waals surface area contributed by atoms with Crippen molar-refractivity contribution in [3.05, 3.63) is 65.9 Å². The van der Waals surface area contributed by atoms with E-state index in [4.69, 9.17) is 16.6 Å². The van der Waals surface area contributed by atoms with Gasteiger partial charge in [-0.2, -0.15) is 0 Å². The minimum absolute atomic E-state index is 0.537. The molecule has 2 aromatic heterocycles. The van der Waals surface area contributed by atoms with Gasteiger partial charge in [0.05, 0.1) is 22.4 Å². The van der Waals surface area contributed by atoms with Crippen LogP contribution in [0.3, 0.4) is 0 Å². The summed E-state index contributed by atoms with van der Waals surface area (Å²) in [6, 6.07) is 17.7. The lowest BCUT2D eigenvalue weighted by atomic mass is 10.0. The first-order valence-electron chi connectivity index (χ1n) is 13.9. The lowest BCUT2D eigenvalue weighted by Gasteiger charge is -2.42. The molecule has 2 saturated heterocycles. The zero-order valence-corrected chi connectivity index (χ0v) is 24.3. The summed E-state index contributed by atoms with van der Waals surface area (Å²) >= 11 is 8.37. The number of anilines is 3. The van der Waals surface area contributed by atoms with Crippen LogP contribution in [0.5, 0.6) is 0 Å². The smallest absolute Gasteiger partial charge is 0.227 e. The summed E-state index contributed by atoms with van der Waals surface area (Å²) in [7, 11) is 2.23. The van der Waals surface area contributed by atoms with Crippen molar-refractivity contribution in [1.29, 1.82) is 0 Å². The molecule has 2 fully saturated rings. The second-order valence-electron chi connectivity index (χ2n) is 10.4. The number of nitrogens with one attached hydrogen (secondary N) is 1. The predicted molar refractivity (Wildman–Crippen MR) is 166 cm³/mol. The van der Waals surface area contributed by atoms with Gasteiger partial charge >= 0.3 is 0 Å². The maximum atomic E-state index is 6.61. The highest BCUT2D eigenvalue weighted by Crippen LogP contribution is 2.36. The van der Waals surface area contributed by atoms with Crippen LogP contribution in [0.2, 0.25) is 5.02 Å². The average Bonchev–Trinajstić information content (AvgIpc) is 3.33. The van der Waals surface area contributed by atoms with E-state index >= 15 is 0 Å². The van der Waals surface area contributed by atoms with Gasteiger partial charge in [0.1, 0.15) is 0 Å². The molecule has 0 atom stereocenters. The molecule has 0 aliphatic carbocycles. The lowest BCUT2D eigenvalue weighted by molar-refractivity contribution is 0.0982. The SMILES string of the molecule is CCSn1cc(-c2nc(Nc3ccc(N4CCC(N5CCN(C)CC5)CC4)cc3)ncc2Cl)c2ccccc21. The summed E-state index contributed by atoms with van der Waals surface area (Å²) in [5, 5.41) is 5.06. The number of fused-ring (bicyclic) bond motifs is 1. The standard InChI is InChI=1S/C30H36ClN7S/c1-3-39-38-21-26(25-6-4-5-7-28(25)38)29-27(31)20-32-30(34-29)33-22-8-10-23(11-9-22)36-14-12-24(13-15-36)37-18-16-35(2)17-19-37/h4-11,20-21,24H,3,12-19H2,1-2H3,(H,32,33,34). The number of likely N-dealkylation sites (N-methyl/N-ethyl adjacent to an activating group) is 1. The van der Waals surface area contributed by atoms with Gasteiger partial charge in [-0.25, -0.2) is 9.97 Å². The van der Waals surface area contributed by atoms with E-state index in [1.165, 1.54) is 44.7 Å². The predicted octanol–water partition coefficient (Wildman–Crippen LogP) is 6.23. The number of hydrogen-bond acceptors (Lipinski definition) is 7. The van der Waals surface area contributed by atoms with Crippen molar-refractivity contribution >= 4 is 51.8 Å². The van der Waals surface area contributed by atoms with Gasteiger partial charge in [0.2, 0.25) is 5.95 Å². The molecule has 7 nitrogen and oxygen atoms in total. The monoisotopic (exact) mass is 561 g/mol. The molecule has 0 unspecified atom stereocenters. The summed E-state index contributed by atoms with van der Waals surface area (Å²) in [6.45, 7) is 9.16. The van der Waals surface area contributed by atoms with E-state index < -0.39 is 0 Å². The van der Waals surface area contributed by atoms with Crippen molar-refractivity contribution in [2.75, 3.05) is 62.3 Å². The van der Waals surface area contributed by atoms with Gasteiger partial charge in [0.25, 0.3) is 0 Å². The Bertz CT molecular complexity index is 1410. The molecule has 0 spiro atoms. The number of rotatable bonds is 7. The van der Waals surface area contributed by atoms with Crippen LogP contribution in [-0.2, 0) is 0 Å². The van der Waals surface area contributed by atoms with Crippen molar-refractivity contribution in [1.82, 2.24) is 23.7 Å². The number of nitrogens with zero attached hydrogens (tertiary/aromatic N) is 6. The number of piperidine rings is 1. The van der Waals surface area contributed by atoms with Crippen LogP contribution < -0.4 is 10.2 Å². The largest absolute Gasteiger partial charge is 0.371 e. The van der Waals surface area contributed by atoms with Crippen LogP contribution in [0, 0.1) is 0 Å². The van der Waals surface area contributed by atoms with Crippen LogP contribution in [0.25, 0.3) is 22.2 Å². The average molecular weight is 562 g/mol. The molecule has 0 amide bonds. The maximum absolute atomic E-state index is 6.61. The normalized spacial score (nSPS) is 17.7. The van der Waals surface area contributed by atoms with Crippen molar-refractivity contribution in [3.63, 3.8) is 0 Å². The van der Waals surface area contributed by atoms with E-state index in [1.54, 1.807) is 18.1 Å². The van der Waals surface area contributed by atoms with E-state index in [0.29, 0.717) is 11.0 Å². The van der Waals surface area contributed by atoms with Gasteiger partial charge in [-0.05, 0) is 62.2 Å². The van der Waals surface area contributed by atoms with Crippen molar-refractivity contribution < 1.29 is 0 Å². The summed E-state index contributed by atoms with van der Waals surface area (Å²) in [4.78, 5) is 16.9. The Morgan fingerprint density at radius 3 is 2.46 bits per heavy atom. The van der Waals surface area contributed by atoms with Gasteiger partial charge in [-0.3, -0.25) is 8.87 Å². The van der Waals surface area contributed by atoms with E-state index in [2.05, 4.69) is 97.7 Å². The Labute approximate surface area is 240 Å². The molecule has 6 rings (SSSR count). The highest BCUT2D eigenvalue weighted by atomic mass is 35.5. The fourth-order valence-corrected chi connectivity index (χ4v) is 6.71. The Balaban J connectivity index is 1.13. The van der Waals surface area contributed by atoms with Crippen LogP contribution in [0.15, 0.2) is 60.9 Å². The molecule has 4 heterocycles. The lowest BCUT2D eigenvalue weighted by Crippen LogP contribution is -2.52. The first-order chi connectivity index (χ1) is 19.1. The van der Waals surface area contributed by atoms with E-state index in [9.17, 15) is 0 Å². The quantitative estimate of drug-likeness (QED) is 0.287. The molecular weight excluding hydrogens is 526 g/mol. The number of halogens is 1. The van der Waals surface area contributed by atoms with Crippen LogP contribution >= 0.6 is 23.5 Å². The maximum Gasteiger partial charge on any atom is 0.227 e. The molecule has 2 aliphatic rings. The number of para-hydroxylation sites is 1. The third kappa shape index (κ3) is 5.75. The Hall–Kier alpha value is -2.78. The van der Waals surface area contributed by atoms with Gasteiger partial charge in [-0.15, -0.1) is 0 Å². The Kier molecular flexibility index (Phi) is 7.97. The number of piperazine rings is 1. The highest BCUT2D eigenvalue weighted by Gasteiger charge is 2.26. The number of hydrogen-bond donors (Lipinski definition) is 1. The highest BCUT2D eigenvalue weighted by molar-refractivity contribution is 7.97. The third-order valence-corrected chi connectivity index (χ3v) is 9.07. The fourth-order valence-electron chi connectivity index (χ4n) is 5.76. The van der Waals surface area contributed by atoms with Gasteiger partial charge in [0.15, 0.2) is 0 Å². The number of benzene rings is 2. The van der Waals surface area contributed by atoms with Gasteiger partial charge in [-0.1, -0.05) is 36.7 Å². The first-order valence-corrected chi connectivity index (χ1v) is 15.2. The molecule has 1 N–H and O–H groups in total. The molecule has 39 heavy (non-hydrogen) atoms. The molecule has 2 aliphatic heterocycles. The minimum atomic E-state index is 0.537. The Morgan fingerprint density at radius 1 is 0.974 bits per heavy atom. The molecule has 4 aromatic rings. The third-order valence-electron chi connectivity index (χ3n) is 7.95. The van der Waals surface area contributed by atoms with E-state index in [-0.39, 0.29) is 0 Å². The molecule has 0 radical (unpaired) electrons. The van der Waals surface area contributed by atoms with E-state index in [0.717, 1.165) is 52.7 Å². The fraction of sp³-hybridized carbons (Fsp3) is 0.400. The van der Waals surface area contributed by atoms with Gasteiger partial charge < -0.3 is 15.1 Å². The second-order valence-corrected chi connectivity index (χ2v) is 12.1. The second kappa shape index (κ2) is 11.8. The van der Waals surface area contributed by atoms with Crippen LogP contribution in [0.1, 0.15) is 19.8 Å². The topological polar surface area (TPSA) is 52.5 Å². The molecule has 0 bridgehead atoms. The van der Waals surface area contributed by atoms with Crippen LogP contribution in [0.4, 0.5) is 17.3 Å². The van der Waals surface area contributed by atoms with Crippen molar-refractivity contribution in [2.24, 2.45) is 0 Å². The molecule has 204 valence electrons.